The van der Waals surface area contributed by atoms with E-state index in [0.717, 1.165) is 10.5 Å². The van der Waals surface area contributed by atoms with Crippen LogP contribution in [0.25, 0.3) is 0 Å². The van der Waals surface area contributed by atoms with Crippen molar-refractivity contribution in [3.05, 3.63) is 59.9 Å². The third-order valence-electron chi connectivity index (χ3n) is 2.95. The van der Waals surface area contributed by atoms with Crippen molar-refractivity contribution in [2.45, 2.75) is 16.3 Å². The predicted octanol–water partition coefficient (Wildman–Crippen LogP) is 2.85. The van der Waals surface area contributed by atoms with Crippen molar-refractivity contribution in [1.29, 1.82) is 0 Å². The quantitative estimate of drug-likeness (QED) is 0.830. The van der Waals surface area contributed by atoms with Crippen molar-refractivity contribution in [3.63, 3.8) is 0 Å². The molecule has 2 rings (SSSR count). The molecule has 0 amide bonds. The molecule has 112 valence electrons. The van der Waals surface area contributed by atoms with Crippen LogP contribution in [0.3, 0.4) is 0 Å². The third kappa shape index (κ3) is 4.56. The molecule has 6 heteroatoms. The van der Waals surface area contributed by atoms with Crippen molar-refractivity contribution in [1.82, 2.24) is 0 Å². The molecule has 0 unspecified atom stereocenters. The van der Waals surface area contributed by atoms with Crippen LogP contribution in [-0.2, 0) is 16.4 Å². The van der Waals surface area contributed by atoms with Gasteiger partial charge in [0.2, 0.25) is 0 Å². The molecule has 0 aromatic heterocycles. The van der Waals surface area contributed by atoms with E-state index in [1.807, 2.05) is 0 Å². The van der Waals surface area contributed by atoms with Gasteiger partial charge in [-0.3, -0.25) is 0 Å². The highest BCUT2D eigenvalue weighted by atomic mass is 32.2. The first-order valence-corrected chi connectivity index (χ1v) is 9.05. The van der Waals surface area contributed by atoms with Gasteiger partial charge in [-0.1, -0.05) is 12.1 Å². The Labute approximate surface area is 128 Å². The topological polar surface area (TPSA) is 60.2 Å². The fraction of sp³-hybridized carbons (Fsp3) is 0.200. The zero-order valence-corrected chi connectivity index (χ0v) is 13.0. The standard InChI is InChI=1S/C15H16FNO2S2/c16-13-3-5-14(6-4-13)20-9-10-21(18,19)15-7-1-12(11-17)2-8-15/h1-8H,9-11,17H2. The molecule has 0 fully saturated rings. The Balaban J connectivity index is 1.95. The average Bonchev–Trinajstić information content (AvgIpc) is 2.49. The maximum absolute atomic E-state index is 12.8. The largest absolute Gasteiger partial charge is 0.326 e. The lowest BCUT2D eigenvalue weighted by Crippen LogP contribution is -2.09. The number of rotatable bonds is 6. The van der Waals surface area contributed by atoms with Gasteiger partial charge >= 0.3 is 0 Å². The second kappa shape index (κ2) is 7.06. The molecule has 2 aromatic rings. The number of nitrogens with two attached hydrogens (primary N) is 1. The van der Waals surface area contributed by atoms with Crippen LogP contribution in [0, 0.1) is 5.82 Å². The highest BCUT2D eigenvalue weighted by Crippen LogP contribution is 2.20. The van der Waals surface area contributed by atoms with Crippen LogP contribution in [0.5, 0.6) is 0 Å². The van der Waals surface area contributed by atoms with Crippen LogP contribution in [0.4, 0.5) is 4.39 Å². The van der Waals surface area contributed by atoms with Crippen LogP contribution in [-0.4, -0.2) is 19.9 Å². The van der Waals surface area contributed by atoms with E-state index in [4.69, 9.17) is 5.73 Å². The van der Waals surface area contributed by atoms with Gasteiger partial charge in [0.05, 0.1) is 10.6 Å². The van der Waals surface area contributed by atoms with Crippen molar-refractivity contribution < 1.29 is 12.8 Å². The first-order valence-electron chi connectivity index (χ1n) is 6.41. The maximum atomic E-state index is 12.8. The van der Waals surface area contributed by atoms with Crippen LogP contribution in [0.2, 0.25) is 0 Å². The van der Waals surface area contributed by atoms with Crippen molar-refractivity contribution in [3.8, 4) is 0 Å². The molecule has 2 N–H and O–H groups in total. The zero-order valence-electron chi connectivity index (χ0n) is 11.3. The van der Waals surface area contributed by atoms with Gasteiger partial charge in [-0.25, -0.2) is 12.8 Å². The second-order valence-electron chi connectivity index (χ2n) is 4.47. The first-order chi connectivity index (χ1) is 10.0. The molecule has 0 aliphatic rings. The molecule has 0 saturated carbocycles. The average molecular weight is 325 g/mol. The number of halogens is 1. The normalized spacial score (nSPS) is 11.5. The number of benzene rings is 2. The van der Waals surface area contributed by atoms with Crippen LogP contribution in [0.15, 0.2) is 58.3 Å². The number of hydrogen-bond acceptors (Lipinski definition) is 4. The summed E-state index contributed by atoms with van der Waals surface area (Å²) in [5, 5.41) is 0. The summed E-state index contributed by atoms with van der Waals surface area (Å²) in [5.41, 5.74) is 6.38. The molecule has 0 aliphatic carbocycles. The lowest BCUT2D eigenvalue weighted by atomic mass is 10.2. The minimum absolute atomic E-state index is 0.0387. The second-order valence-corrected chi connectivity index (χ2v) is 7.75. The Morgan fingerprint density at radius 2 is 1.62 bits per heavy atom. The molecule has 0 aliphatic heterocycles. The summed E-state index contributed by atoms with van der Waals surface area (Å²) in [7, 11) is -3.30. The highest BCUT2D eigenvalue weighted by Gasteiger charge is 2.14. The van der Waals surface area contributed by atoms with Crippen LogP contribution in [0.1, 0.15) is 5.56 Å². The summed E-state index contributed by atoms with van der Waals surface area (Å²) in [6.07, 6.45) is 0. The van der Waals surface area contributed by atoms with Gasteiger partial charge in [0.1, 0.15) is 5.82 Å². The van der Waals surface area contributed by atoms with Gasteiger partial charge in [0.15, 0.2) is 9.84 Å². The maximum Gasteiger partial charge on any atom is 0.179 e. The molecular weight excluding hydrogens is 309 g/mol. The van der Waals surface area contributed by atoms with E-state index in [0.29, 0.717) is 17.2 Å². The molecule has 0 saturated heterocycles. The summed E-state index contributed by atoms with van der Waals surface area (Å²) in [5.74, 6) is 0.163. The van der Waals surface area contributed by atoms with Gasteiger partial charge < -0.3 is 5.73 Å². The minimum Gasteiger partial charge on any atom is -0.326 e. The van der Waals surface area contributed by atoms with Crippen molar-refractivity contribution in [2.24, 2.45) is 5.73 Å². The smallest absolute Gasteiger partial charge is 0.179 e. The molecule has 2 aromatic carbocycles. The first kappa shape index (κ1) is 16.0. The van der Waals surface area contributed by atoms with E-state index in [2.05, 4.69) is 0 Å². The molecule has 0 spiro atoms. The molecule has 0 atom stereocenters. The van der Waals surface area contributed by atoms with E-state index >= 15 is 0 Å². The Kier molecular flexibility index (Phi) is 5.39. The summed E-state index contributed by atoms with van der Waals surface area (Å²) in [6.45, 7) is 0.390. The lowest BCUT2D eigenvalue weighted by Gasteiger charge is -2.05. The monoisotopic (exact) mass is 325 g/mol. The van der Waals surface area contributed by atoms with Gasteiger partial charge in [-0.15, -0.1) is 11.8 Å². The van der Waals surface area contributed by atoms with Gasteiger partial charge in [0, 0.05) is 17.2 Å². The fourth-order valence-electron chi connectivity index (χ4n) is 1.75. The minimum atomic E-state index is -3.30. The van der Waals surface area contributed by atoms with E-state index in [-0.39, 0.29) is 11.6 Å². The Morgan fingerprint density at radius 1 is 1.00 bits per heavy atom. The summed E-state index contributed by atoms with van der Waals surface area (Å²) < 4.78 is 37.1. The summed E-state index contributed by atoms with van der Waals surface area (Å²) >= 11 is 1.39. The number of thioether (sulfide) groups is 1. The van der Waals surface area contributed by atoms with Crippen molar-refractivity contribution >= 4 is 21.6 Å². The third-order valence-corrected chi connectivity index (χ3v) is 5.96. The number of hydrogen-bond donors (Lipinski definition) is 1. The molecule has 0 heterocycles. The SMILES string of the molecule is NCc1ccc(S(=O)(=O)CCSc2ccc(F)cc2)cc1. The predicted molar refractivity (Wildman–Crippen MR) is 83.5 cm³/mol. The summed E-state index contributed by atoms with van der Waals surface area (Å²) in [6, 6.07) is 12.6. The Hall–Kier alpha value is -1.37. The van der Waals surface area contributed by atoms with E-state index in [9.17, 15) is 12.8 Å². The van der Waals surface area contributed by atoms with Gasteiger partial charge in [-0.05, 0) is 42.0 Å². The highest BCUT2D eigenvalue weighted by molar-refractivity contribution is 8.00. The van der Waals surface area contributed by atoms with Gasteiger partial charge in [-0.2, -0.15) is 0 Å². The van der Waals surface area contributed by atoms with Gasteiger partial charge in [0.25, 0.3) is 0 Å². The zero-order chi connectivity index (χ0) is 15.3. The number of sulfone groups is 1. The van der Waals surface area contributed by atoms with E-state index in [1.165, 1.54) is 23.9 Å². The Bertz CT molecular complexity index is 683. The lowest BCUT2D eigenvalue weighted by molar-refractivity contribution is 0.597. The van der Waals surface area contributed by atoms with E-state index < -0.39 is 9.84 Å². The molecule has 21 heavy (non-hydrogen) atoms. The molecule has 3 nitrogen and oxygen atoms in total. The Morgan fingerprint density at radius 3 is 2.19 bits per heavy atom. The molecule has 0 radical (unpaired) electrons. The van der Waals surface area contributed by atoms with Crippen LogP contribution < -0.4 is 5.73 Å². The molecular formula is C15H16FNO2S2. The van der Waals surface area contributed by atoms with Crippen molar-refractivity contribution in [2.75, 3.05) is 11.5 Å². The summed E-state index contributed by atoms with van der Waals surface area (Å²) in [4.78, 5) is 1.16. The van der Waals surface area contributed by atoms with Crippen LogP contribution >= 0.6 is 11.8 Å². The van der Waals surface area contributed by atoms with E-state index in [1.54, 1.807) is 36.4 Å². The fourth-order valence-corrected chi connectivity index (χ4v) is 4.31. The molecule has 0 bridgehead atoms.